The number of hydrogen-bond acceptors (Lipinski definition) is 4. The highest BCUT2D eigenvalue weighted by Gasteiger charge is 2.22. The lowest BCUT2D eigenvalue weighted by Gasteiger charge is -2.35. The Morgan fingerprint density at radius 1 is 0.900 bits per heavy atom. The van der Waals surface area contributed by atoms with Gasteiger partial charge in [-0.15, -0.1) is 0 Å². The Morgan fingerprint density at radius 2 is 1.63 bits per heavy atom. The van der Waals surface area contributed by atoms with Gasteiger partial charge in [-0.05, 0) is 28.5 Å². The van der Waals surface area contributed by atoms with E-state index >= 15 is 0 Å². The number of amides is 2. The number of anilines is 1. The largest absolute Gasteiger partial charge is 0.493 e. The first-order valence-electron chi connectivity index (χ1n) is 10.1. The lowest BCUT2D eigenvalue weighted by Crippen LogP contribution is -2.49. The van der Waals surface area contributed by atoms with Gasteiger partial charge in [0.05, 0.1) is 14.2 Å². The summed E-state index contributed by atoms with van der Waals surface area (Å²) in [6.07, 6.45) is 0. The van der Waals surface area contributed by atoms with E-state index in [9.17, 15) is 4.79 Å². The molecule has 156 valence electrons. The van der Waals surface area contributed by atoms with Crippen LogP contribution in [0.4, 0.5) is 10.5 Å². The van der Waals surface area contributed by atoms with Crippen molar-refractivity contribution >= 4 is 22.5 Å². The number of urea groups is 1. The summed E-state index contributed by atoms with van der Waals surface area (Å²) in [5.41, 5.74) is 2.02. The zero-order valence-corrected chi connectivity index (χ0v) is 17.4. The van der Waals surface area contributed by atoms with Gasteiger partial charge in [-0.1, -0.05) is 42.5 Å². The third kappa shape index (κ3) is 4.33. The van der Waals surface area contributed by atoms with Crippen LogP contribution in [0.1, 0.15) is 5.56 Å². The molecule has 1 N–H and O–H groups in total. The van der Waals surface area contributed by atoms with Crippen LogP contribution in [-0.2, 0) is 6.54 Å². The van der Waals surface area contributed by atoms with Crippen LogP contribution in [0.25, 0.3) is 10.8 Å². The molecule has 3 aromatic rings. The van der Waals surface area contributed by atoms with E-state index in [2.05, 4.69) is 52.7 Å². The minimum atomic E-state index is -0.0907. The lowest BCUT2D eigenvalue weighted by atomic mass is 10.0. The number of fused-ring (bicyclic) bond motifs is 1. The van der Waals surface area contributed by atoms with Crippen LogP contribution in [0.2, 0.25) is 0 Å². The van der Waals surface area contributed by atoms with Crippen LogP contribution in [0, 0.1) is 0 Å². The molecule has 0 unspecified atom stereocenters. The number of nitrogens with one attached hydrogen (secondary N) is 1. The quantitative estimate of drug-likeness (QED) is 0.691. The number of methoxy groups -OCH3 is 2. The second-order valence-corrected chi connectivity index (χ2v) is 7.40. The molecule has 4 rings (SSSR count). The van der Waals surface area contributed by atoms with E-state index in [4.69, 9.17) is 9.47 Å². The van der Waals surface area contributed by atoms with Crippen molar-refractivity contribution in [3.63, 3.8) is 0 Å². The number of rotatable bonds is 5. The third-order valence-corrected chi connectivity index (χ3v) is 5.57. The van der Waals surface area contributed by atoms with Crippen LogP contribution >= 0.6 is 0 Å². The molecular formula is C24H27N3O3. The van der Waals surface area contributed by atoms with Crippen molar-refractivity contribution in [1.29, 1.82) is 0 Å². The fraction of sp³-hybridized carbons (Fsp3) is 0.292. The molecule has 30 heavy (non-hydrogen) atoms. The molecule has 1 aliphatic rings. The minimum absolute atomic E-state index is 0.0907. The number of nitrogens with zero attached hydrogens (tertiary/aromatic N) is 2. The van der Waals surface area contributed by atoms with E-state index in [0.717, 1.165) is 19.6 Å². The molecule has 0 spiro atoms. The van der Waals surface area contributed by atoms with Crippen LogP contribution in [0.15, 0.2) is 60.7 Å². The Bertz CT molecular complexity index is 1020. The van der Waals surface area contributed by atoms with Crippen molar-refractivity contribution in [2.75, 3.05) is 45.7 Å². The maximum atomic E-state index is 12.7. The standard InChI is InChI=1S/C24H27N3O3/c1-29-22-11-10-20(16-23(22)30-2)25-24(28)27-14-12-26(13-15-27)17-19-8-5-7-18-6-3-4-9-21(18)19/h3-11,16H,12-15,17H2,1-2H3,(H,25,28). The van der Waals surface area contributed by atoms with E-state index in [0.29, 0.717) is 30.3 Å². The van der Waals surface area contributed by atoms with Crippen molar-refractivity contribution in [1.82, 2.24) is 9.80 Å². The maximum absolute atomic E-state index is 12.7. The molecule has 0 atom stereocenters. The highest BCUT2D eigenvalue weighted by atomic mass is 16.5. The zero-order valence-electron chi connectivity index (χ0n) is 17.4. The first-order chi connectivity index (χ1) is 14.7. The summed E-state index contributed by atoms with van der Waals surface area (Å²) in [4.78, 5) is 16.9. The van der Waals surface area contributed by atoms with Crippen molar-refractivity contribution in [2.45, 2.75) is 6.54 Å². The van der Waals surface area contributed by atoms with Gasteiger partial charge in [-0.3, -0.25) is 4.90 Å². The molecule has 1 heterocycles. The average molecular weight is 405 g/mol. The van der Waals surface area contributed by atoms with E-state index in [1.54, 1.807) is 26.4 Å². The number of carbonyl (C=O) groups excluding carboxylic acids is 1. The minimum Gasteiger partial charge on any atom is -0.493 e. The molecular weight excluding hydrogens is 378 g/mol. The van der Waals surface area contributed by atoms with Gasteiger partial charge in [-0.2, -0.15) is 0 Å². The number of carbonyl (C=O) groups is 1. The van der Waals surface area contributed by atoms with Gasteiger partial charge in [0.25, 0.3) is 0 Å². The van der Waals surface area contributed by atoms with Gasteiger partial charge < -0.3 is 19.7 Å². The second kappa shape index (κ2) is 9.05. The lowest BCUT2D eigenvalue weighted by molar-refractivity contribution is 0.143. The molecule has 0 radical (unpaired) electrons. The zero-order chi connectivity index (χ0) is 20.9. The normalized spacial score (nSPS) is 14.5. The van der Waals surface area contributed by atoms with Crippen LogP contribution in [0.3, 0.4) is 0 Å². The predicted molar refractivity (Wildman–Crippen MR) is 119 cm³/mol. The number of ether oxygens (including phenoxy) is 2. The topological polar surface area (TPSA) is 54.0 Å². The Labute approximate surface area is 177 Å². The number of hydrogen-bond donors (Lipinski definition) is 1. The highest BCUT2D eigenvalue weighted by molar-refractivity contribution is 5.90. The molecule has 0 saturated carbocycles. The molecule has 0 bridgehead atoms. The van der Waals surface area contributed by atoms with Gasteiger partial charge in [0.2, 0.25) is 0 Å². The van der Waals surface area contributed by atoms with Crippen molar-refractivity contribution in [3.05, 3.63) is 66.2 Å². The number of benzene rings is 3. The SMILES string of the molecule is COc1ccc(NC(=O)N2CCN(Cc3cccc4ccccc34)CC2)cc1OC. The monoisotopic (exact) mass is 405 g/mol. The van der Waals surface area contributed by atoms with Gasteiger partial charge >= 0.3 is 6.03 Å². The van der Waals surface area contributed by atoms with Crippen LogP contribution < -0.4 is 14.8 Å². The molecule has 1 fully saturated rings. The first kappa shape index (κ1) is 20.0. The maximum Gasteiger partial charge on any atom is 0.321 e. The molecule has 3 aromatic carbocycles. The Morgan fingerprint density at radius 3 is 2.40 bits per heavy atom. The van der Waals surface area contributed by atoms with Gasteiger partial charge in [0.15, 0.2) is 11.5 Å². The molecule has 2 amide bonds. The van der Waals surface area contributed by atoms with Gasteiger partial charge in [0, 0.05) is 44.5 Å². The molecule has 0 aromatic heterocycles. The Kier molecular flexibility index (Phi) is 6.05. The summed E-state index contributed by atoms with van der Waals surface area (Å²) in [5, 5.41) is 5.53. The van der Waals surface area contributed by atoms with Gasteiger partial charge in [-0.25, -0.2) is 4.79 Å². The number of piperazine rings is 1. The summed E-state index contributed by atoms with van der Waals surface area (Å²) in [5.74, 6) is 1.23. The summed E-state index contributed by atoms with van der Waals surface area (Å²) >= 11 is 0. The molecule has 6 nitrogen and oxygen atoms in total. The summed E-state index contributed by atoms with van der Waals surface area (Å²) in [7, 11) is 3.17. The summed E-state index contributed by atoms with van der Waals surface area (Å²) in [6.45, 7) is 3.99. The average Bonchev–Trinajstić information content (AvgIpc) is 2.79. The van der Waals surface area contributed by atoms with E-state index in [1.807, 2.05) is 11.0 Å². The van der Waals surface area contributed by atoms with Crippen molar-refractivity contribution < 1.29 is 14.3 Å². The van der Waals surface area contributed by atoms with E-state index in [-0.39, 0.29) is 6.03 Å². The van der Waals surface area contributed by atoms with Crippen molar-refractivity contribution in [2.24, 2.45) is 0 Å². The fourth-order valence-electron chi connectivity index (χ4n) is 3.90. The molecule has 1 aliphatic heterocycles. The second-order valence-electron chi connectivity index (χ2n) is 7.40. The molecule has 0 aliphatic carbocycles. The summed E-state index contributed by atoms with van der Waals surface area (Å²) < 4.78 is 10.6. The Hall–Kier alpha value is -3.25. The molecule has 1 saturated heterocycles. The summed E-state index contributed by atoms with van der Waals surface area (Å²) in [6, 6.07) is 20.2. The predicted octanol–water partition coefficient (Wildman–Crippen LogP) is 4.21. The first-order valence-corrected chi connectivity index (χ1v) is 10.1. The van der Waals surface area contributed by atoms with Gasteiger partial charge in [0.1, 0.15) is 0 Å². The van der Waals surface area contributed by atoms with Crippen molar-refractivity contribution in [3.8, 4) is 11.5 Å². The molecule has 6 heteroatoms. The Balaban J connectivity index is 1.34. The smallest absolute Gasteiger partial charge is 0.321 e. The van der Waals surface area contributed by atoms with E-state index < -0.39 is 0 Å². The highest BCUT2D eigenvalue weighted by Crippen LogP contribution is 2.30. The third-order valence-electron chi connectivity index (χ3n) is 5.57. The van der Waals surface area contributed by atoms with E-state index in [1.165, 1.54) is 16.3 Å². The van der Waals surface area contributed by atoms with Crippen LogP contribution in [0.5, 0.6) is 11.5 Å². The van der Waals surface area contributed by atoms with Crippen LogP contribution in [-0.4, -0.2) is 56.2 Å². The fourth-order valence-corrected chi connectivity index (χ4v) is 3.90.